The second kappa shape index (κ2) is 9.13. The minimum absolute atomic E-state index is 0. The minimum Gasteiger partial charge on any atom is -0.486 e. The molecular formula is C22H25ClN2O3. The van der Waals surface area contributed by atoms with Crippen molar-refractivity contribution in [2.24, 2.45) is 5.92 Å². The Morgan fingerprint density at radius 3 is 2.82 bits per heavy atom. The Labute approximate surface area is 170 Å². The zero-order chi connectivity index (χ0) is 18.6. The van der Waals surface area contributed by atoms with Crippen molar-refractivity contribution < 1.29 is 13.9 Å². The summed E-state index contributed by atoms with van der Waals surface area (Å²) in [6, 6.07) is 17.7. The lowest BCUT2D eigenvalue weighted by Gasteiger charge is -2.29. The van der Waals surface area contributed by atoms with E-state index in [0.717, 1.165) is 30.6 Å². The van der Waals surface area contributed by atoms with E-state index in [1.807, 2.05) is 30.3 Å². The van der Waals surface area contributed by atoms with Crippen LogP contribution in [-0.4, -0.2) is 25.0 Å². The van der Waals surface area contributed by atoms with E-state index >= 15 is 0 Å². The highest BCUT2D eigenvalue weighted by atomic mass is 35.5. The van der Waals surface area contributed by atoms with Gasteiger partial charge in [0.15, 0.2) is 5.76 Å². The smallest absolute Gasteiger partial charge is 0.287 e. The number of hydrogen-bond donors (Lipinski definition) is 2. The molecule has 0 bridgehead atoms. The molecule has 6 heteroatoms. The van der Waals surface area contributed by atoms with Crippen molar-refractivity contribution in [1.82, 2.24) is 10.6 Å². The highest BCUT2D eigenvalue weighted by molar-refractivity contribution is 5.91. The van der Waals surface area contributed by atoms with E-state index in [0.29, 0.717) is 17.4 Å². The van der Waals surface area contributed by atoms with Gasteiger partial charge in [-0.25, -0.2) is 0 Å². The number of rotatable bonds is 5. The molecule has 1 aromatic heterocycles. The third-order valence-electron chi connectivity index (χ3n) is 5.13. The number of amides is 1. The second-order valence-electron chi connectivity index (χ2n) is 7.11. The third-order valence-corrected chi connectivity index (χ3v) is 5.13. The first-order valence-corrected chi connectivity index (χ1v) is 9.41. The molecule has 4 rings (SSSR count). The molecule has 2 aromatic carbocycles. The van der Waals surface area contributed by atoms with E-state index < -0.39 is 0 Å². The molecule has 1 fully saturated rings. The lowest BCUT2D eigenvalue weighted by Crippen LogP contribution is -2.50. The molecule has 0 saturated carbocycles. The van der Waals surface area contributed by atoms with Gasteiger partial charge in [-0.05, 0) is 53.9 Å². The Balaban J connectivity index is 0.00000225. The topological polar surface area (TPSA) is 63.5 Å². The molecule has 0 aliphatic carbocycles. The lowest BCUT2D eigenvalue weighted by molar-refractivity contribution is 0.0883. The summed E-state index contributed by atoms with van der Waals surface area (Å²) in [4.78, 5) is 12.4. The summed E-state index contributed by atoms with van der Waals surface area (Å²) < 4.78 is 11.5. The van der Waals surface area contributed by atoms with Gasteiger partial charge in [-0.15, -0.1) is 12.4 Å². The zero-order valence-corrected chi connectivity index (χ0v) is 16.6. The number of halogens is 1. The standard InChI is InChI=1S/C22H24N2O3.ClH/c1-15-10-11-23-13-20(15)24-22(25)21-9-8-19(27-21)14-26-18-7-6-16-4-2-3-5-17(16)12-18;/h2-9,12,15,20,23H,10-11,13-14H2,1H3,(H,24,25);1H. The minimum atomic E-state index is -0.174. The van der Waals surface area contributed by atoms with Gasteiger partial charge in [-0.3, -0.25) is 4.79 Å². The average Bonchev–Trinajstić information content (AvgIpc) is 3.17. The molecule has 2 unspecified atom stereocenters. The molecular weight excluding hydrogens is 376 g/mol. The summed E-state index contributed by atoms with van der Waals surface area (Å²) in [6.45, 7) is 4.25. The number of hydrogen-bond acceptors (Lipinski definition) is 4. The van der Waals surface area contributed by atoms with Crippen molar-refractivity contribution in [1.29, 1.82) is 0 Å². The molecule has 2 heterocycles. The summed E-state index contributed by atoms with van der Waals surface area (Å²) in [7, 11) is 0. The summed E-state index contributed by atoms with van der Waals surface area (Å²) >= 11 is 0. The molecule has 0 spiro atoms. The van der Waals surface area contributed by atoms with Crippen LogP contribution in [0.15, 0.2) is 59.0 Å². The monoisotopic (exact) mass is 400 g/mol. The van der Waals surface area contributed by atoms with Gasteiger partial charge in [0.1, 0.15) is 18.1 Å². The molecule has 3 aromatic rings. The van der Waals surface area contributed by atoms with Crippen LogP contribution in [-0.2, 0) is 6.61 Å². The van der Waals surface area contributed by atoms with Gasteiger partial charge in [-0.1, -0.05) is 37.3 Å². The van der Waals surface area contributed by atoms with E-state index in [9.17, 15) is 4.79 Å². The van der Waals surface area contributed by atoms with Gasteiger partial charge in [0.25, 0.3) is 5.91 Å². The molecule has 2 N–H and O–H groups in total. The van der Waals surface area contributed by atoms with E-state index in [1.165, 1.54) is 5.39 Å². The fourth-order valence-electron chi connectivity index (χ4n) is 3.41. The lowest BCUT2D eigenvalue weighted by atomic mass is 9.95. The first kappa shape index (κ1) is 20.2. The van der Waals surface area contributed by atoms with Crippen LogP contribution in [0.4, 0.5) is 0 Å². The number of carbonyl (C=O) groups excluding carboxylic acids is 1. The fraction of sp³-hybridized carbons (Fsp3) is 0.318. The molecule has 28 heavy (non-hydrogen) atoms. The normalized spacial score (nSPS) is 19.0. The Kier molecular flexibility index (Phi) is 6.60. The van der Waals surface area contributed by atoms with Crippen molar-refractivity contribution in [3.05, 3.63) is 66.1 Å². The molecule has 2 atom stereocenters. The second-order valence-corrected chi connectivity index (χ2v) is 7.11. The largest absolute Gasteiger partial charge is 0.486 e. The van der Waals surface area contributed by atoms with Crippen molar-refractivity contribution in [2.45, 2.75) is 26.0 Å². The van der Waals surface area contributed by atoms with Crippen molar-refractivity contribution in [2.75, 3.05) is 13.1 Å². The average molecular weight is 401 g/mol. The van der Waals surface area contributed by atoms with Crippen molar-refractivity contribution >= 4 is 29.1 Å². The van der Waals surface area contributed by atoms with Crippen LogP contribution >= 0.6 is 12.4 Å². The van der Waals surface area contributed by atoms with E-state index in [2.05, 4.69) is 29.7 Å². The van der Waals surface area contributed by atoms with Crippen LogP contribution in [0.2, 0.25) is 0 Å². The Morgan fingerprint density at radius 2 is 2.00 bits per heavy atom. The maximum Gasteiger partial charge on any atom is 0.287 e. The van der Waals surface area contributed by atoms with Crippen LogP contribution in [0.1, 0.15) is 29.7 Å². The quantitative estimate of drug-likeness (QED) is 0.675. The number of piperidine rings is 1. The number of fused-ring (bicyclic) bond motifs is 1. The predicted molar refractivity (Wildman–Crippen MR) is 112 cm³/mol. The molecule has 148 valence electrons. The summed E-state index contributed by atoms with van der Waals surface area (Å²) in [5.41, 5.74) is 0. The number of nitrogens with one attached hydrogen (secondary N) is 2. The van der Waals surface area contributed by atoms with Crippen LogP contribution < -0.4 is 15.4 Å². The van der Waals surface area contributed by atoms with E-state index in [-0.39, 0.29) is 31.0 Å². The first-order chi connectivity index (χ1) is 13.2. The van der Waals surface area contributed by atoms with Gasteiger partial charge in [0, 0.05) is 12.6 Å². The number of carbonyl (C=O) groups is 1. The Hall–Kier alpha value is -2.50. The third kappa shape index (κ3) is 4.66. The van der Waals surface area contributed by atoms with Gasteiger partial charge < -0.3 is 19.8 Å². The van der Waals surface area contributed by atoms with Crippen LogP contribution in [0.5, 0.6) is 5.75 Å². The Morgan fingerprint density at radius 1 is 1.18 bits per heavy atom. The summed E-state index contributed by atoms with van der Waals surface area (Å²) in [5, 5.41) is 8.67. The maximum atomic E-state index is 12.4. The number of ether oxygens (including phenoxy) is 1. The molecule has 1 aliphatic heterocycles. The molecule has 0 radical (unpaired) electrons. The summed E-state index contributed by atoms with van der Waals surface area (Å²) in [5.74, 6) is 2.01. The number of furan rings is 1. The molecule has 1 saturated heterocycles. The first-order valence-electron chi connectivity index (χ1n) is 9.41. The van der Waals surface area contributed by atoms with Crippen LogP contribution in [0, 0.1) is 5.92 Å². The fourth-order valence-corrected chi connectivity index (χ4v) is 3.41. The maximum absolute atomic E-state index is 12.4. The predicted octanol–water partition coefficient (Wildman–Crippen LogP) is 4.16. The van der Waals surface area contributed by atoms with Gasteiger partial charge in [0.2, 0.25) is 0 Å². The van der Waals surface area contributed by atoms with Crippen molar-refractivity contribution in [3.8, 4) is 5.75 Å². The van der Waals surface area contributed by atoms with Gasteiger partial charge in [-0.2, -0.15) is 0 Å². The molecule has 1 aliphatic rings. The van der Waals surface area contributed by atoms with Gasteiger partial charge >= 0.3 is 0 Å². The highest BCUT2D eigenvalue weighted by Crippen LogP contribution is 2.22. The molecule has 5 nitrogen and oxygen atoms in total. The van der Waals surface area contributed by atoms with E-state index in [1.54, 1.807) is 12.1 Å². The highest BCUT2D eigenvalue weighted by Gasteiger charge is 2.24. The summed E-state index contributed by atoms with van der Waals surface area (Å²) in [6.07, 6.45) is 1.06. The molecule has 1 amide bonds. The SMILES string of the molecule is CC1CCNCC1NC(=O)c1ccc(COc2ccc3ccccc3c2)o1.Cl. The zero-order valence-electron chi connectivity index (χ0n) is 15.8. The van der Waals surface area contributed by atoms with Crippen LogP contribution in [0.25, 0.3) is 10.8 Å². The van der Waals surface area contributed by atoms with Crippen molar-refractivity contribution in [3.63, 3.8) is 0 Å². The van der Waals surface area contributed by atoms with E-state index in [4.69, 9.17) is 9.15 Å². The Bertz CT molecular complexity index is 940. The number of benzene rings is 2. The van der Waals surface area contributed by atoms with Gasteiger partial charge in [0.05, 0.1) is 0 Å². The van der Waals surface area contributed by atoms with Crippen LogP contribution in [0.3, 0.4) is 0 Å².